The van der Waals surface area contributed by atoms with Crippen molar-refractivity contribution in [2.24, 2.45) is 5.73 Å². The van der Waals surface area contributed by atoms with Crippen LogP contribution >= 0.6 is 0 Å². The van der Waals surface area contributed by atoms with E-state index >= 15 is 0 Å². The Hall–Kier alpha value is -1.47. The molecule has 0 fully saturated rings. The highest BCUT2D eigenvalue weighted by molar-refractivity contribution is 5.42. The summed E-state index contributed by atoms with van der Waals surface area (Å²) in [5.74, 6) is -0.180. The van der Waals surface area contributed by atoms with Crippen molar-refractivity contribution >= 4 is 0 Å². The Bertz CT molecular complexity index is 395. The summed E-state index contributed by atoms with van der Waals surface area (Å²) in [4.78, 5) is 0. The molecule has 96 valence electrons. The summed E-state index contributed by atoms with van der Waals surface area (Å²) in [5, 5.41) is 18.2. The number of phenols is 1. The molecule has 0 saturated heterocycles. The number of aliphatic hydroxyl groups excluding tert-OH is 1. The largest absolute Gasteiger partial charge is 0.508 e. The SMILES string of the molecule is COc1cc(O)ccc1[C@@H](N)[C@@H](O)C(F)(F)F. The summed E-state index contributed by atoms with van der Waals surface area (Å²) in [6.45, 7) is 0. The molecule has 2 atom stereocenters. The van der Waals surface area contributed by atoms with Crippen molar-refractivity contribution < 1.29 is 28.1 Å². The highest BCUT2D eigenvalue weighted by Crippen LogP contribution is 2.34. The molecule has 0 aliphatic heterocycles. The van der Waals surface area contributed by atoms with Crippen molar-refractivity contribution in [3.63, 3.8) is 0 Å². The maximum absolute atomic E-state index is 12.3. The number of benzene rings is 1. The number of alkyl halides is 3. The van der Waals surface area contributed by atoms with Crippen LogP contribution in [0.2, 0.25) is 0 Å². The Morgan fingerprint density at radius 1 is 1.35 bits per heavy atom. The maximum atomic E-state index is 12.3. The molecule has 4 N–H and O–H groups in total. The van der Waals surface area contributed by atoms with Gasteiger partial charge in [-0.3, -0.25) is 0 Å². The molecule has 17 heavy (non-hydrogen) atoms. The molecule has 1 rings (SSSR count). The minimum absolute atomic E-state index is 0.0131. The third kappa shape index (κ3) is 3.01. The van der Waals surface area contributed by atoms with Gasteiger partial charge in [0.2, 0.25) is 0 Å². The lowest BCUT2D eigenvalue weighted by Gasteiger charge is -2.23. The van der Waals surface area contributed by atoms with E-state index in [-0.39, 0.29) is 17.1 Å². The molecule has 0 aliphatic rings. The molecule has 0 bridgehead atoms. The molecular weight excluding hydrogens is 239 g/mol. The van der Waals surface area contributed by atoms with Gasteiger partial charge >= 0.3 is 6.18 Å². The van der Waals surface area contributed by atoms with Crippen LogP contribution in [0.3, 0.4) is 0 Å². The number of phenolic OH excluding ortho intramolecular Hbond substituents is 1. The number of rotatable bonds is 3. The first-order valence-corrected chi connectivity index (χ1v) is 4.64. The monoisotopic (exact) mass is 251 g/mol. The fourth-order valence-electron chi connectivity index (χ4n) is 1.35. The molecule has 1 aromatic carbocycles. The summed E-state index contributed by atoms with van der Waals surface area (Å²) < 4.78 is 41.6. The molecule has 0 saturated carbocycles. The number of hydrogen-bond acceptors (Lipinski definition) is 4. The zero-order chi connectivity index (χ0) is 13.2. The van der Waals surface area contributed by atoms with Crippen molar-refractivity contribution in [1.29, 1.82) is 0 Å². The number of aliphatic hydroxyl groups is 1. The average molecular weight is 251 g/mol. The van der Waals surface area contributed by atoms with Gasteiger partial charge in [0.05, 0.1) is 13.2 Å². The molecule has 4 nitrogen and oxygen atoms in total. The number of ether oxygens (including phenoxy) is 1. The predicted molar refractivity (Wildman–Crippen MR) is 53.6 cm³/mol. The van der Waals surface area contributed by atoms with E-state index in [1.54, 1.807) is 0 Å². The van der Waals surface area contributed by atoms with Crippen LogP contribution < -0.4 is 10.5 Å². The lowest BCUT2D eigenvalue weighted by atomic mass is 10.0. The first-order chi connectivity index (χ1) is 7.77. The quantitative estimate of drug-likeness (QED) is 0.757. The van der Waals surface area contributed by atoms with Crippen molar-refractivity contribution in [2.45, 2.75) is 18.3 Å². The lowest BCUT2D eigenvalue weighted by Crippen LogP contribution is -2.39. The van der Waals surface area contributed by atoms with E-state index in [0.29, 0.717) is 0 Å². The van der Waals surface area contributed by atoms with E-state index in [1.807, 2.05) is 0 Å². The number of aromatic hydroxyl groups is 1. The van der Waals surface area contributed by atoms with Crippen LogP contribution in [0.5, 0.6) is 11.5 Å². The fraction of sp³-hybridized carbons (Fsp3) is 0.400. The van der Waals surface area contributed by atoms with E-state index in [1.165, 1.54) is 19.2 Å². The van der Waals surface area contributed by atoms with Gasteiger partial charge in [0.1, 0.15) is 11.5 Å². The molecule has 1 aromatic rings. The molecule has 7 heteroatoms. The second kappa shape index (κ2) is 4.80. The van der Waals surface area contributed by atoms with Gasteiger partial charge in [-0.2, -0.15) is 13.2 Å². The maximum Gasteiger partial charge on any atom is 0.416 e. The molecule has 0 aliphatic carbocycles. The average Bonchev–Trinajstić information content (AvgIpc) is 2.25. The zero-order valence-corrected chi connectivity index (χ0v) is 8.90. The minimum Gasteiger partial charge on any atom is -0.508 e. The Balaban J connectivity index is 3.08. The first kappa shape index (κ1) is 13.6. The second-order valence-electron chi connectivity index (χ2n) is 3.44. The van der Waals surface area contributed by atoms with Crippen LogP contribution in [-0.2, 0) is 0 Å². The highest BCUT2D eigenvalue weighted by Gasteiger charge is 2.43. The van der Waals surface area contributed by atoms with Gasteiger partial charge in [0.25, 0.3) is 0 Å². The summed E-state index contributed by atoms with van der Waals surface area (Å²) >= 11 is 0. The van der Waals surface area contributed by atoms with E-state index in [0.717, 1.165) is 6.07 Å². The third-order valence-electron chi connectivity index (χ3n) is 2.25. The molecule has 0 heterocycles. The molecule has 0 amide bonds. The van der Waals surface area contributed by atoms with Crippen molar-refractivity contribution in [2.75, 3.05) is 7.11 Å². The Kier molecular flexibility index (Phi) is 3.84. The van der Waals surface area contributed by atoms with Gasteiger partial charge in [-0.15, -0.1) is 0 Å². The number of nitrogens with two attached hydrogens (primary N) is 1. The van der Waals surface area contributed by atoms with Gasteiger partial charge in [-0.1, -0.05) is 0 Å². The number of hydrogen-bond donors (Lipinski definition) is 3. The molecular formula is C10H12F3NO3. The van der Waals surface area contributed by atoms with E-state index < -0.39 is 18.3 Å². The summed E-state index contributed by atoms with van der Waals surface area (Å²) in [5.41, 5.74) is 5.29. The van der Waals surface area contributed by atoms with Crippen LogP contribution in [0.1, 0.15) is 11.6 Å². The standard InChI is InChI=1S/C10H12F3NO3/c1-17-7-4-5(15)2-3-6(7)8(14)9(16)10(11,12)13/h2-4,8-9,15-16H,14H2,1H3/t8-,9-/m1/s1. The topological polar surface area (TPSA) is 75.7 Å². The fourth-order valence-corrected chi connectivity index (χ4v) is 1.35. The van der Waals surface area contributed by atoms with Gasteiger partial charge in [-0.25, -0.2) is 0 Å². The first-order valence-electron chi connectivity index (χ1n) is 4.64. The number of halogens is 3. The third-order valence-corrected chi connectivity index (χ3v) is 2.25. The van der Waals surface area contributed by atoms with Gasteiger partial charge in [0, 0.05) is 11.6 Å². The van der Waals surface area contributed by atoms with Crippen molar-refractivity contribution in [3.05, 3.63) is 23.8 Å². The van der Waals surface area contributed by atoms with Gasteiger partial charge in [0.15, 0.2) is 6.10 Å². The van der Waals surface area contributed by atoms with Crippen LogP contribution in [-0.4, -0.2) is 29.6 Å². The van der Waals surface area contributed by atoms with Crippen LogP contribution in [0, 0.1) is 0 Å². The predicted octanol–water partition coefficient (Wildman–Crippen LogP) is 1.32. The van der Waals surface area contributed by atoms with Crippen LogP contribution in [0.15, 0.2) is 18.2 Å². The van der Waals surface area contributed by atoms with Crippen LogP contribution in [0.25, 0.3) is 0 Å². The van der Waals surface area contributed by atoms with Gasteiger partial charge < -0.3 is 20.7 Å². The van der Waals surface area contributed by atoms with E-state index in [2.05, 4.69) is 0 Å². The van der Waals surface area contributed by atoms with E-state index in [9.17, 15) is 13.2 Å². The van der Waals surface area contributed by atoms with Gasteiger partial charge in [-0.05, 0) is 12.1 Å². The Morgan fingerprint density at radius 2 is 1.94 bits per heavy atom. The molecule has 0 aromatic heterocycles. The van der Waals surface area contributed by atoms with E-state index in [4.69, 9.17) is 20.7 Å². The minimum atomic E-state index is -4.82. The van der Waals surface area contributed by atoms with Crippen LogP contribution in [0.4, 0.5) is 13.2 Å². The second-order valence-corrected chi connectivity index (χ2v) is 3.44. The van der Waals surface area contributed by atoms with Crippen molar-refractivity contribution in [3.8, 4) is 11.5 Å². The lowest BCUT2D eigenvalue weighted by molar-refractivity contribution is -0.210. The molecule has 0 radical (unpaired) electrons. The summed E-state index contributed by atoms with van der Waals surface area (Å²) in [6, 6.07) is 1.79. The smallest absolute Gasteiger partial charge is 0.416 e. The number of methoxy groups -OCH3 is 1. The molecule has 0 spiro atoms. The Morgan fingerprint density at radius 3 is 2.41 bits per heavy atom. The summed E-state index contributed by atoms with van der Waals surface area (Å²) in [6.07, 6.45) is -7.51. The normalized spacial score (nSPS) is 15.4. The Labute approximate surface area is 95.4 Å². The summed E-state index contributed by atoms with van der Waals surface area (Å²) in [7, 11) is 1.23. The molecule has 0 unspecified atom stereocenters. The highest BCUT2D eigenvalue weighted by atomic mass is 19.4. The zero-order valence-electron chi connectivity index (χ0n) is 8.90. The van der Waals surface area contributed by atoms with Crippen molar-refractivity contribution in [1.82, 2.24) is 0 Å².